The lowest BCUT2D eigenvalue weighted by Gasteiger charge is -2.11. The van der Waals surface area contributed by atoms with Gasteiger partial charge in [-0.2, -0.15) is 0 Å². The van der Waals surface area contributed by atoms with E-state index in [1.165, 1.54) is 18.2 Å². The second kappa shape index (κ2) is 5.81. The molecular formula is C12H9BrCl2N2O2S. The molecule has 2 aromatic rings. The number of hydrogen-bond donors (Lipinski definition) is 2. The van der Waals surface area contributed by atoms with Crippen molar-refractivity contribution in [2.24, 2.45) is 0 Å². The minimum atomic E-state index is -3.77. The molecule has 20 heavy (non-hydrogen) atoms. The minimum absolute atomic E-state index is 0.0197. The maximum Gasteiger partial charge on any atom is 0.262 e. The highest BCUT2D eigenvalue weighted by molar-refractivity contribution is 9.10. The first-order chi connectivity index (χ1) is 9.31. The van der Waals surface area contributed by atoms with E-state index in [9.17, 15) is 8.42 Å². The Labute approximate surface area is 135 Å². The fourth-order valence-electron chi connectivity index (χ4n) is 1.48. The molecule has 106 valence electrons. The number of sulfonamides is 1. The Balaban J connectivity index is 2.41. The molecule has 0 spiro atoms. The maximum absolute atomic E-state index is 12.3. The first-order valence-corrected chi connectivity index (χ1v) is 8.36. The average Bonchev–Trinajstić information content (AvgIpc) is 2.38. The van der Waals surface area contributed by atoms with Crippen LogP contribution in [0.1, 0.15) is 0 Å². The van der Waals surface area contributed by atoms with Crippen molar-refractivity contribution in [3.8, 4) is 0 Å². The van der Waals surface area contributed by atoms with Crippen molar-refractivity contribution in [1.82, 2.24) is 0 Å². The summed E-state index contributed by atoms with van der Waals surface area (Å²) in [7, 11) is -3.77. The molecule has 0 saturated carbocycles. The van der Waals surface area contributed by atoms with Crippen LogP contribution in [0.25, 0.3) is 0 Å². The van der Waals surface area contributed by atoms with Crippen molar-refractivity contribution in [1.29, 1.82) is 0 Å². The molecule has 2 aromatic carbocycles. The van der Waals surface area contributed by atoms with E-state index in [1.807, 2.05) is 0 Å². The minimum Gasteiger partial charge on any atom is -0.397 e. The third-order valence-corrected chi connectivity index (χ3v) is 5.58. The van der Waals surface area contributed by atoms with Gasteiger partial charge < -0.3 is 5.73 Å². The van der Waals surface area contributed by atoms with Gasteiger partial charge in [0.25, 0.3) is 10.0 Å². The zero-order valence-corrected chi connectivity index (χ0v) is 13.8. The molecule has 8 heteroatoms. The van der Waals surface area contributed by atoms with Gasteiger partial charge >= 0.3 is 0 Å². The predicted octanol–water partition coefficient (Wildman–Crippen LogP) is 4.14. The molecule has 2 rings (SSSR count). The highest BCUT2D eigenvalue weighted by Crippen LogP contribution is 2.32. The number of hydrogen-bond acceptors (Lipinski definition) is 3. The Hall–Kier alpha value is -0.950. The van der Waals surface area contributed by atoms with Crippen LogP contribution in [0.4, 0.5) is 11.4 Å². The smallest absolute Gasteiger partial charge is 0.262 e. The quantitative estimate of drug-likeness (QED) is 0.767. The Kier molecular flexibility index (Phi) is 4.49. The summed E-state index contributed by atoms with van der Waals surface area (Å²) in [5.41, 5.74) is 6.14. The van der Waals surface area contributed by atoms with Gasteiger partial charge in [0.15, 0.2) is 0 Å². The van der Waals surface area contributed by atoms with Gasteiger partial charge in [-0.25, -0.2) is 8.42 Å². The van der Waals surface area contributed by atoms with Crippen LogP contribution in [0.3, 0.4) is 0 Å². The van der Waals surface area contributed by atoms with Crippen LogP contribution in [0, 0.1) is 0 Å². The van der Waals surface area contributed by atoms with Crippen molar-refractivity contribution in [2.75, 3.05) is 10.5 Å². The zero-order valence-electron chi connectivity index (χ0n) is 9.90. The summed E-state index contributed by atoms with van der Waals surface area (Å²) in [5.74, 6) is 0. The molecule has 4 nitrogen and oxygen atoms in total. The summed E-state index contributed by atoms with van der Waals surface area (Å²) in [6, 6.07) is 8.97. The molecule has 0 aliphatic rings. The molecule has 0 amide bonds. The van der Waals surface area contributed by atoms with Gasteiger partial charge in [-0.15, -0.1) is 0 Å². The lowest BCUT2D eigenvalue weighted by Crippen LogP contribution is -2.13. The Morgan fingerprint density at radius 2 is 1.80 bits per heavy atom. The van der Waals surface area contributed by atoms with Crippen LogP contribution in [-0.2, 0) is 10.0 Å². The number of rotatable bonds is 3. The van der Waals surface area contributed by atoms with Gasteiger partial charge in [-0.1, -0.05) is 29.3 Å². The summed E-state index contributed by atoms with van der Waals surface area (Å²) >= 11 is 14.9. The first-order valence-electron chi connectivity index (χ1n) is 5.33. The molecule has 0 aliphatic carbocycles. The Bertz CT molecular complexity index is 766. The van der Waals surface area contributed by atoms with Gasteiger partial charge in [0.2, 0.25) is 0 Å². The van der Waals surface area contributed by atoms with E-state index < -0.39 is 10.0 Å². The topological polar surface area (TPSA) is 72.2 Å². The maximum atomic E-state index is 12.3. The predicted molar refractivity (Wildman–Crippen MR) is 85.8 cm³/mol. The van der Waals surface area contributed by atoms with Gasteiger partial charge in [0, 0.05) is 0 Å². The second-order valence-corrected chi connectivity index (χ2v) is 7.18. The fourth-order valence-corrected chi connectivity index (χ4v) is 3.37. The van der Waals surface area contributed by atoms with E-state index >= 15 is 0 Å². The summed E-state index contributed by atoms with van der Waals surface area (Å²) in [6.07, 6.45) is 0. The SMILES string of the molecule is Nc1cc(S(=O)(=O)Nc2cccc(Cl)c2Br)ccc1Cl. The summed E-state index contributed by atoms with van der Waals surface area (Å²) in [5, 5.41) is 0.703. The average molecular weight is 396 g/mol. The van der Waals surface area contributed by atoms with Gasteiger partial charge in [-0.3, -0.25) is 4.72 Å². The molecule has 0 radical (unpaired) electrons. The van der Waals surface area contributed by atoms with Crippen LogP contribution in [0.15, 0.2) is 45.8 Å². The fraction of sp³-hybridized carbons (Fsp3) is 0. The van der Waals surface area contributed by atoms with E-state index in [-0.39, 0.29) is 10.6 Å². The molecule has 0 aromatic heterocycles. The molecule has 0 fully saturated rings. The van der Waals surface area contributed by atoms with Gasteiger partial charge in [-0.05, 0) is 46.3 Å². The van der Waals surface area contributed by atoms with Crippen LogP contribution < -0.4 is 10.5 Å². The van der Waals surface area contributed by atoms with Crippen LogP contribution in [0.2, 0.25) is 10.0 Å². The van der Waals surface area contributed by atoms with Crippen molar-refractivity contribution >= 4 is 60.5 Å². The van der Waals surface area contributed by atoms with Crippen molar-refractivity contribution in [3.63, 3.8) is 0 Å². The molecule has 0 unspecified atom stereocenters. The van der Waals surface area contributed by atoms with Crippen molar-refractivity contribution < 1.29 is 8.42 Å². The molecule has 0 heterocycles. The van der Waals surface area contributed by atoms with Crippen molar-refractivity contribution in [3.05, 3.63) is 50.9 Å². The largest absolute Gasteiger partial charge is 0.397 e. The number of nitrogens with two attached hydrogens (primary N) is 1. The molecule has 3 N–H and O–H groups in total. The summed E-state index contributed by atoms with van der Waals surface area (Å²) in [6.45, 7) is 0. The third kappa shape index (κ3) is 3.20. The monoisotopic (exact) mass is 394 g/mol. The van der Waals surface area contributed by atoms with Gasteiger partial charge in [0.05, 0.1) is 30.8 Å². The summed E-state index contributed by atoms with van der Waals surface area (Å²) in [4.78, 5) is 0.0197. The molecule has 0 atom stereocenters. The number of halogens is 3. The van der Waals surface area contributed by atoms with Crippen LogP contribution >= 0.6 is 39.1 Å². The Morgan fingerprint density at radius 1 is 1.10 bits per heavy atom. The highest BCUT2D eigenvalue weighted by atomic mass is 79.9. The van der Waals surface area contributed by atoms with E-state index in [0.717, 1.165) is 0 Å². The summed E-state index contributed by atoms with van der Waals surface area (Å²) < 4.78 is 27.4. The number of anilines is 2. The number of benzene rings is 2. The normalized spacial score (nSPS) is 11.3. The van der Waals surface area contributed by atoms with Gasteiger partial charge in [0.1, 0.15) is 0 Å². The van der Waals surface area contributed by atoms with Crippen LogP contribution in [-0.4, -0.2) is 8.42 Å². The van der Waals surface area contributed by atoms with Crippen molar-refractivity contribution in [2.45, 2.75) is 4.90 Å². The molecule has 0 saturated heterocycles. The lowest BCUT2D eigenvalue weighted by atomic mass is 10.3. The first kappa shape index (κ1) is 15.4. The molecular weight excluding hydrogens is 387 g/mol. The zero-order chi connectivity index (χ0) is 14.9. The lowest BCUT2D eigenvalue weighted by molar-refractivity contribution is 0.601. The number of nitrogens with one attached hydrogen (secondary N) is 1. The molecule has 0 aliphatic heterocycles. The highest BCUT2D eigenvalue weighted by Gasteiger charge is 2.17. The van der Waals surface area contributed by atoms with E-state index in [4.69, 9.17) is 28.9 Å². The van der Waals surface area contributed by atoms with E-state index in [0.29, 0.717) is 20.2 Å². The molecule has 0 bridgehead atoms. The third-order valence-electron chi connectivity index (χ3n) is 2.47. The second-order valence-electron chi connectivity index (χ2n) is 3.89. The van der Waals surface area contributed by atoms with Crippen LogP contribution in [0.5, 0.6) is 0 Å². The number of nitrogen functional groups attached to an aromatic ring is 1. The van der Waals surface area contributed by atoms with E-state index in [2.05, 4.69) is 20.7 Å². The standard InChI is InChI=1S/C12H9BrCl2N2O2S/c13-12-9(15)2-1-3-11(12)17-20(18,19)7-4-5-8(14)10(16)6-7/h1-6,17H,16H2. The Morgan fingerprint density at radius 3 is 2.45 bits per heavy atom. The van der Waals surface area contributed by atoms with E-state index in [1.54, 1.807) is 18.2 Å².